The van der Waals surface area contributed by atoms with Gasteiger partial charge >= 0.3 is 0 Å². The molecule has 0 bridgehead atoms. The topological polar surface area (TPSA) is 51.8 Å². The first-order valence-electron chi connectivity index (χ1n) is 16.4. The van der Waals surface area contributed by atoms with Gasteiger partial charge in [-0.25, -0.2) is 15.0 Å². The molecule has 0 atom stereocenters. The molecule has 4 heteroatoms. The number of aryl methyl sites for hydroxylation is 2. The summed E-state index contributed by atoms with van der Waals surface area (Å²) < 4.78 is 6.40. The average molecular weight is 618 g/mol. The van der Waals surface area contributed by atoms with Gasteiger partial charge in [0, 0.05) is 21.9 Å². The van der Waals surface area contributed by atoms with E-state index in [1.807, 2.05) is 60.7 Å². The summed E-state index contributed by atoms with van der Waals surface area (Å²) in [7, 11) is 0. The van der Waals surface area contributed by atoms with Gasteiger partial charge in [-0.2, -0.15) is 0 Å². The van der Waals surface area contributed by atoms with E-state index in [-0.39, 0.29) is 0 Å². The third kappa shape index (κ3) is 4.57. The number of furan rings is 1. The third-order valence-electron chi connectivity index (χ3n) is 9.45. The molecule has 9 aromatic rings. The molecule has 228 valence electrons. The second-order valence-electron chi connectivity index (χ2n) is 12.3. The molecule has 0 aliphatic heterocycles. The van der Waals surface area contributed by atoms with Crippen LogP contribution in [0.2, 0.25) is 0 Å². The van der Waals surface area contributed by atoms with Gasteiger partial charge in [-0.15, -0.1) is 0 Å². The van der Waals surface area contributed by atoms with E-state index in [2.05, 4.69) is 92.7 Å². The first-order valence-corrected chi connectivity index (χ1v) is 16.4. The van der Waals surface area contributed by atoms with Crippen molar-refractivity contribution in [1.29, 1.82) is 0 Å². The Kier molecular flexibility index (Phi) is 6.61. The van der Waals surface area contributed by atoms with Gasteiger partial charge in [0.2, 0.25) is 0 Å². The zero-order valence-corrected chi connectivity index (χ0v) is 26.7. The molecule has 0 saturated carbocycles. The Bertz CT molecular complexity index is 2670. The van der Waals surface area contributed by atoms with Gasteiger partial charge in [-0.3, -0.25) is 0 Å². The van der Waals surface area contributed by atoms with Crippen molar-refractivity contribution in [2.45, 2.75) is 20.3 Å². The Morgan fingerprint density at radius 3 is 2.06 bits per heavy atom. The van der Waals surface area contributed by atoms with E-state index in [9.17, 15) is 0 Å². The summed E-state index contributed by atoms with van der Waals surface area (Å²) in [4.78, 5) is 15.2. The molecule has 7 aromatic carbocycles. The number of hydrogen-bond donors (Lipinski definition) is 0. The van der Waals surface area contributed by atoms with Gasteiger partial charge in [0.15, 0.2) is 17.5 Å². The second kappa shape index (κ2) is 11.3. The van der Waals surface area contributed by atoms with Crippen LogP contribution in [0.4, 0.5) is 0 Å². The lowest BCUT2D eigenvalue weighted by Gasteiger charge is -2.17. The van der Waals surface area contributed by atoms with Crippen LogP contribution >= 0.6 is 0 Å². The third-order valence-corrected chi connectivity index (χ3v) is 9.45. The van der Waals surface area contributed by atoms with E-state index in [1.165, 1.54) is 38.4 Å². The van der Waals surface area contributed by atoms with Crippen LogP contribution in [0.25, 0.3) is 88.8 Å². The first kappa shape index (κ1) is 28.1. The van der Waals surface area contributed by atoms with Gasteiger partial charge in [0.1, 0.15) is 11.2 Å². The fourth-order valence-corrected chi connectivity index (χ4v) is 7.06. The van der Waals surface area contributed by atoms with Gasteiger partial charge in [-0.05, 0) is 75.3 Å². The molecule has 0 saturated heterocycles. The molecule has 4 nitrogen and oxygen atoms in total. The predicted octanol–water partition coefficient (Wildman–Crippen LogP) is 11.6. The van der Waals surface area contributed by atoms with E-state index in [4.69, 9.17) is 19.4 Å². The Hall–Kier alpha value is -6.13. The van der Waals surface area contributed by atoms with Gasteiger partial charge in [0.05, 0.1) is 5.56 Å². The molecule has 0 aliphatic rings. The molecule has 0 spiro atoms. The summed E-state index contributed by atoms with van der Waals surface area (Å²) in [5.74, 6) is 1.82. The summed E-state index contributed by atoms with van der Waals surface area (Å²) in [6.45, 7) is 4.44. The highest BCUT2D eigenvalue weighted by atomic mass is 16.3. The number of rotatable bonds is 5. The first-order chi connectivity index (χ1) is 23.7. The normalized spacial score (nSPS) is 11.6. The van der Waals surface area contributed by atoms with E-state index >= 15 is 0 Å². The largest absolute Gasteiger partial charge is 0.455 e. The molecule has 0 fully saturated rings. The van der Waals surface area contributed by atoms with Crippen LogP contribution in [0.1, 0.15) is 18.1 Å². The van der Waals surface area contributed by atoms with Gasteiger partial charge < -0.3 is 4.42 Å². The SMILES string of the molecule is CCc1ccc2ccc3cc(-c4nc(-c5ccccc5)nc(-c5cccc6c5oc5ccccc56)n4)ccc3c2c1-c1ccccc1C. The van der Waals surface area contributed by atoms with Crippen molar-refractivity contribution in [3.8, 4) is 45.3 Å². The lowest BCUT2D eigenvalue weighted by Crippen LogP contribution is -2.00. The van der Waals surface area contributed by atoms with Crippen molar-refractivity contribution < 1.29 is 4.42 Å². The van der Waals surface area contributed by atoms with Crippen LogP contribution in [0, 0.1) is 6.92 Å². The maximum atomic E-state index is 6.40. The average Bonchev–Trinajstić information content (AvgIpc) is 3.53. The molecule has 2 heterocycles. The zero-order valence-electron chi connectivity index (χ0n) is 26.7. The van der Waals surface area contributed by atoms with Crippen LogP contribution in [-0.2, 0) is 6.42 Å². The monoisotopic (exact) mass is 617 g/mol. The van der Waals surface area contributed by atoms with Crippen molar-refractivity contribution in [2.75, 3.05) is 0 Å². The van der Waals surface area contributed by atoms with Crippen LogP contribution in [0.5, 0.6) is 0 Å². The quantitative estimate of drug-likeness (QED) is 0.180. The van der Waals surface area contributed by atoms with Crippen LogP contribution in [0.3, 0.4) is 0 Å². The van der Waals surface area contributed by atoms with Crippen molar-refractivity contribution in [3.05, 3.63) is 151 Å². The molecule has 0 radical (unpaired) electrons. The number of fused-ring (bicyclic) bond motifs is 6. The number of aromatic nitrogens is 3. The maximum absolute atomic E-state index is 6.40. The van der Waals surface area contributed by atoms with Crippen LogP contribution < -0.4 is 0 Å². The fourth-order valence-electron chi connectivity index (χ4n) is 7.06. The Balaban J connectivity index is 1.27. The summed E-state index contributed by atoms with van der Waals surface area (Å²) >= 11 is 0. The van der Waals surface area contributed by atoms with Crippen LogP contribution in [0.15, 0.2) is 144 Å². The van der Waals surface area contributed by atoms with E-state index < -0.39 is 0 Å². The van der Waals surface area contributed by atoms with Gasteiger partial charge in [-0.1, -0.05) is 128 Å². The summed E-state index contributed by atoms with van der Waals surface area (Å²) in [6, 6.07) is 48.7. The lowest BCUT2D eigenvalue weighted by molar-refractivity contribution is 0.669. The van der Waals surface area contributed by atoms with Crippen LogP contribution in [-0.4, -0.2) is 15.0 Å². The molecule has 2 aromatic heterocycles. The summed E-state index contributed by atoms with van der Waals surface area (Å²) in [6.07, 6.45) is 0.960. The van der Waals surface area contributed by atoms with Crippen molar-refractivity contribution in [2.24, 2.45) is 0 Å². The highest BCUT2D eigenvalue weighted by molar-refractivity contribution is 6.16. The Morgan fingerprint density at radius 1 is 0.521 bits per heavy atom. The molecular weight excluding hydrogens is 587 g/mol. The number of nitrogens with zero attached hydrogens (tertiary/aromatic N) is 3. The van der Waals surface area contributed by atoms with E-state index in [1.54, 1.807) is 0 Å². The fraction of sp³-hybridized carbons (Fsp3) is 0.0682. The molecule has 0 unspecified atom stereocenters. The Morgan fingerprint density at radius 2 is 1.21 bits per heavy atom. The predicted molar refractivity (Wildman–Crippen MR) is 198 cm³/mol. The molecule has 0 aliphatic carbocycles. The van der Waals surface area contributed by atoms with Crippen molar-refractivity contribution in [3.63, 3.8) is 0 Å². The zero-order chi connectivity index (χ0) is 32.2. The minimum atomic E-state index is 0.580. The van der Waals surface area contributed by atoms with Gasteiger partial charge in [0.25, 0.3) is 0 Å². The summed E-state index contributed by atoms with van der Waals surface area (Å²) in [5, 5.41) is 6.99. The molecule has 0 N–H and O–H groups in total. The molecular formula is C44H31N3O. The minimum absolute atomic E-state index is 0.580. The maximum Gasteiger partial charge on any atom is 0.167 e. The Labute approximate surface area is 278 Å². The number of para-hydroxylation sites is 2. The molecule has 0 amide bonds. The van der Waals surface area contributed by atoms with Crippen molar-refractivity contribution in [1.82, 2.24) is 15.0 Å². The number of hydrogen-bond acceptors (Lipinski definition) is 4. The molecule has 9 rings (SSSR count). The second-order valence-corrected chi connectivity index (χ2v) is 12.3. The van der Waals surface area contributed by atoms with E-state index in [0.29, 0.717) is 17.5 Å². The lowest BCUT2D eigenvalue weighted by atomic mass is 9.87. The standard InChI is InChI=1S/C44H31N3O/c1-3-28-20-21-29-22-23-31-26-32(24-25-34(31)40(29)39(28)33-15-8-7-12-27(33)2)43-45-42(30-13-5-4-6-14-30)46-44(47-43)37-18-11-17-36-35-16-9-10-19-38(35)48-41(36)37/h4-26H,3H2,1-2H3. The van der Waals surface area contributed by atoms with E-state index in [0.717, 1.165) is 50.4 Å². The smallest absolute Gasteiger partial charge is 0.167 e. The molecule has 48 heavy (non-hydrogen) atoms. The summed E-state index contributed by atoms with van der Waals surface area (Å²) in [5.41, 5.74) is 9.55. The minimum Gasteiger partial charge on any atom is -0.455 e. The number of benzene rings is 7. The highest BCUT2D eigenvalue weighted by Crippen LogP contribution is 2.40. The van der Waals surface area contributed by atoms with Crippen molar-refractivity contribution >= 4 is 43.5 Å². The highest BCUT2D eigenvalue weighted by Gasteiger charge is 2.19.